The van der Waals surface area contributed by atoms with Gasteiger partial charge >= 0.3 is 18.5 Å². The fourth-order valence-electron chi connectivity index (χ4n) is 2.55. The lowest BCUT2D eigenvalue weighted by atomic mass is 10.1. The van der Waals surface area contributed by atoms with Crippen LogP contribution in [0.3, 0.4) is 0 Å². The van der Waals surface area contributed by atoms with Gasteiger partial charge in [-0.05, 0) is 18.2 Å². The molecule has 32 heavy (non-hydrogen) atoms. The number of halogens is 7. The largest absolute Gasteiger partial charge is 0.484 e. The average molecular weight is 501 g/mol. The molecule has 0 aliphatic carbocycles. The zero-order valence-electron chi connectivity index (χ0n) is 15.7. The van der Waals surface area contributed by atoms with Crippen LogP contribution in [0.1, 0.15) is 16.1 Å². The summed E-state index contributed by atoms with van der Waals surface area (Å²) in [5.41, 5.74) is -0.964. The van der Waals surface area contributed by atoms with Gasteiger partial charge in [0, 0.05) is 12.6 Å². The first-order chi connectivity index (χ1) is 14.9. The smallest absolute Gasteiger partial charge is 0.462 e. The van der Waals surface area contributed by atoms with Gasteiger partial charge in [0.05, 0.1) is 11.3 Å². The van der Waals surface area contributed by atoms with Gasteiger partial charge in [-0.2, -0.15) is 22.7 Å². The normalized spacial score (nSPS) is 11.8. The van der Waals surface area contributed by atoms with Crippen molar-refractivity contribution in [3.63, 3.8) is 0 Å². The molecule has 2 aromatic heterocycles. The van der Waals surface area contributed by atoms with Crippen molar-refractivity contribution in [2.75, 3.05) is 0 Å². The number of rotatable bonds is 8. The number of aromatic nitrogens is 2. The lowest BCUT2D eigenvalue weighted by Crippen LogP contribution is -2.34. The zero-order valence-corrected chi connectivity index (χ0v) is 17.2. The Bertz CT molecular complexity index is 1170. The van der Waals surface area contributed by atoms with E-state index in [9.17, 15) is 26.7 Å². The Labute approximate surface area is 185 Å². The van der Waals surface area contributed by atoms with Crippen LogP contribution in [0.25, 0.3) is 11.3 Å². The van der Waals surface area contributed by atoms with Crippen LogP contribution in [0.2, 0.25) is 10.0 Å². The summed E-state index contributed by atoms with van der Waals surface area (Å²) in [5, 5.41) is 11.9. The predicted octanol–water partition coefficient (Wildman–Crippen LogP) is 5.64. The Morgan fingerprint density at radius 3 is 2.66 bits per heavy atom. The van der Waals surface area contributed by atoms with Gasteiger partial charge in [0.25, 0.3) is 0 Å². The highest BCUT2D eigenvalue weighted by atomic mass is 35.5. The van der Waals surface area contributed by atoms with Gasteiger partial charge in [0.2, 0.25) is 5.88 Å². The van der Waals surface area contributed by atoms with Gasteiger partial charge in [0.15, 0.2) is 5.76 Å². The number of aromatic carboxylic acids is 1. The van der Waals surface area contributed by atoms with Crippen molar-refractivity contribution in [1.29, 1.82) is 0 Å². The number of aryl methyl sites for hydroxylation is 1. The summed E-state index contributed by atoms with van der Waals surface area (Å²) in [6.45, 7) is -0.398. The molecule has 3 aromatic rings. The molecule has 1 aromatic carbocycles. The number of nitrogens with zero attached hydrogens (tertiary/aromatic N) is 2. The Morgan fingerprint density at radius 1 is 1.34 bits per heavy atom. The molecule has 0 spiro atoms. The minimum Gasteiger partial charge on any atom is -0.484 e. The Morgan fingerprint density at radius 2 is 2.03 bits per heavy atom. The number of carboxylic acids is 1. The second kappa shape index (κ2) is 8.87. The van der Waals surface area contributed by atoms with Crippen LogP contribution < -0.4 is 9.47 Å². The van der Waals surface area contributed by atoms with Crippen LogP contribution >= 0.6 is 23.2 Å². The topological polar surface area (TPSA) is 86.7 Å². The van der Waals surface area contributed by atoms with E-state index in [1.807, 2.05) is 0 Å². The number of alkyl halides is 4. The summed E-state index contributed by atoms with van der Waals surface area (Å²) in [7, 11) is 1.07. The average Bonchev–Trinajstić information content (AvgIpc) is 3.27. The van der Waals surface area contributed by atoms with Crippen molar-refractivity contribution < 1.29 is 45.7 Å². The van der Waals surface area contributed by atoms with Gasteiger partial charge in [-0.1, -0.05) is 23.2 Å². The molecule has 0 radical (unpaired) electrons. The van der Waals surface area contributed by atoms with Crippen LogP contribution in [0, 0.1) is 5.82 Å². The lowest BCUT2D eigenvalue weighted by molar-refractivity contribution is -0.255. The predicted molar refractivity (Wildman–Crippen MR) is 100 cm³/mol. The van der Waals surface area contributed by atoms with Crippen molar-refractivity contribution in [2.45, 2.75) is 19.1 Å². The Kier molecular flexibility index (Phi) is 6.56. The molecule has 0 atom stereocenters. The molecule has 0 bridgehead atoms. The molecule has 0 unspecified atom stereocenters. The summed E-state index contributed by atoms with van der Waals surface area (Å²) in [4.78, 5) is 11.1. The van der Waals surface area contributed by atoms with Crippen molar-refractivity contribution in [2.24, 2.45) is 7.05 Å². The highest BCUT2D eigenvalue weighted by Crippen LogP contribution is 2.41. The molecule has 0 fully saturated rings. The maximum Gasteiger partial charge on any atom is 0.462 e. The van der Waals surface area contributed by atoms with E-state index in [4.69, 9.17) is 37.5 Å². The van der Waals surface area contributed by atoms with Gasteiger partial charge < -0.3 is 19.0 Å². The summed E-state index contributed by atoms with van der Waals surface area (Å²) < 4.78 is 81.0. The van der Waals surface area contributed by atoms with Gasteiger partial charge in [-0.3, -0.25) is 0 Å². The number of benzene rings is 1. The molecule has 0 amide bonds. The minimum absolute atomic E-state index is 0.0553. The number of hydrogen-bond acceptors (Lipinski definition) is 5. The third kappa shape index (κ3) is 4.60. The first-order valence-electron chi connectivity index (χ1n) is 8.41. The molecule has 14 heteroatoms. The van der Waals surface area contributed by atoms with Crippen molar-refractivity contribution in [1.82, 2.24) is 9.78 Å². The van der Waals surface area contributed by atoms with E-state index in [0.29, 0.717) is 4.68 Å². The van der Waals surface area contributed by atoms with E-state index in [2.05, 4.69) is 9.84 Å². The molecule has 2 heterocycles. The van der Waals surface area contributed by atoms with E-state index in [-0.39, 0.29) is 27.7 Å². The summed E-state index contributed by atoms with van der Waals surface area (Å²) >= 11 is 11.9. The fourth-order valence-corrected chi connectivity index (χ4v) is 3.05. The van der Waals surface area contributed by atoms with E-state index in [0.717, 1.165) is 25.4 Å². The second-order valence-electron chi connectivity index (χ2n) is 6.17. The third-order valence-corrected chi connectivity index (χ3v) is 4.67. The molecule has 3 rings (SSSR count). The number of furan rings is 1. The number of carboxylic acid groups (broad SMARTS) is 1. The van der Waals surface area contributed by atoms with Crippen LogP contribution in [0.4, 0.5) is 22.0 Å². The Balaban J connectivity index is 1.95. The number of hydrogen-bond donors (Lipinski definition) is 1. The highest BCUT2D eigenvalue weighted by Gasteiger charge is 2.45. The van der Waals surface area contributed by atoms with E-state index >= 15 is 0 Å². The maximum atomic E-state index is 14.5. The number of carbonyl (C=O) groups is 1. The summed E-state index contributed by atoms with van der Waals surface area (Å²) in [5.74, 6) is -3.39. The molecule has 1 N–H and O–H groups in total. The van der Waals surface area contributed by atoms with Crippen LogP contribution in [0.15, 0.2) is 28.9 Å². The highest BCUT2D eigenvalue weighted by molar-refractivity contribution is 6.34. The molecule has 0 aliphatic heterocycles. The van der Waals surface area contributed by atoms with Crippen LogP contribution in [0.5, 0.6) is 11.6 Å². The van der Waals surface area contributed by atoms with Gasteiger partial charge in [-0.25, -0.2) is 13.9 Å². The van der Waals surface area contributed by atoms with Crippen molar-refractivity contribution >= 4 is 29.2 Å². The second-order valence-corrected chi connectivity index (χ2v) is 6.95. The lowest BCUT2D eigenvalue weighted by Gasteiger charge is -2.16. The molecule has 172 valence electrons. The SMILES string of the molecule is Cn1nc(-c2cc(OCc3occc3C(=O)O)c(Cl)cc2F)c(Cl)c1OC(F)(F)C(F)F. The molecule has 0 saturated carbocycles. The number of ether oxygens (including phenoxy) is 2. The molecule has 7 nitrogen and oxygen atoms in total. The van der Waals surface area contributed by atoms with Gasteiger partial charge in [0.1, 0.15) is 34.5 Å². The maximum absolute atomic E-state index is 14.5. The van der Waals surface area contributed by atoms with E-state index < -0.39 is 47.5 Å². The standard InChI is InChI=1S/C18H11Cl2F5N2O5/c1-27-15(32-18(24,25)17(22)23)13(20)14(26-27)8-4-11(9(19)5-10(8)21)31-6-12-7(16(28)29)2-3-30-12/h2-5,17H,6H2,1H3,(H,28,29). The monoisotopic (exact) mass is 500 g/mol. The van der Waals surface area contributed by atoms with Gasteiger partial charge in [-0.15, -0.1) is 0 Å². The summed E-state index contributed by atoms with van der Waals surface area (Å²) in [6.07, 6.45) is -7.89. The van der Waals surface area contributed by atoms with Crippen LogP contribution in [-0.2, 0) is 13.7 Å². The molecule has 0 aliphatic rings. The van der Waals surface area contributed by atoms with Crippen molar-refractivity contribution in [3.8, 4) is 22.9 Å². The van der Waals surface area contributed by atoms with E-state index in [1.54, 1.807) is 0 Å². The third-order valence-electron chi connectivity index (χ3n) is 4.04. The van der Waals surface area contributed by atoms with Crippen molar-refractivity contribution in [3.05, 3.63) is 51.6 Å². The Hall–Kier alpha value is -2.99. The summed E-state index contributed by atoms with van der Waals surface area (Å²) in [6, 6.07) is 3.03. The zero-order chi connectivity index (χ0) is 23.8. The molecular formula is C18H11Cl2F5N2O5. The first-order valence-corrected chi connectivity index (χ1v) is 9.17. The molecular weight excluding hydrogens is 490 g/mol. The first kappa shape index (κ1) is 23.7. The fraction of sp³-hybridized carbons (Fsp3) is 0.222. The quantitative estimate of drug-likeness (QED) is 0.402. The minimum atomic E-state index is -4.87. The van der Waals surface area contributed by atoms with Crippen LogP contribution in [-0.4, -0.2) is 33.4 Å². The molecule has 0 saturated heterocycles. The van der Waals surface area contributed by atoms with E-state index in [1.165, 1.54) is 6.07 Å².